The Bertz CT molecular complexity index is 768. The van der Waals surface area contributed by atoms with Crippen molar-refractivity contribution in [2.24, 2.45) is 16.7 Å². The molecule has 4 unspecified atom stereocenters. The van der Waals surface area contributed by atoms with E-state index in [-0.39, 0.29) is 5.76 Å². The fourth-order valence-corrected chi connectivity index (χ4v) is 3.74. The fraction of sp³-hybridized carbons (Fsp3) is 0.500. The largest absolute Gasteiger partial charge is 0.466 e. The third-order valence-electron chi connectivity index (χ3n) is 5.10. The van der Waals surface area contributed by atoms with Gasteiger partial charge in [0, 0.05) is 6.42 Å². The minimum absolute atomic E-state index is 0.260. The average molecular weight is 310 g/mol. The first-order valence-electron chi connectivity index (χ1n) is 7.21. The number of hydrogen-bond donors (Lipinski definition) is 1. The molecule has 1 aromatic rings. The normalized spacial score (nSPS) is 37.3. The number of fused-ring (bicyclic) bond motifs is 2. The molecule has 2 aliphatic heterocycles. The third kappa shape index (κ3) is 1.42. The van der Waals surface area contributed by atoms with Gasteiger partial charge in [0.05, 0.1) is 30.4 Å². The van der Waals surface area contributed by atoms with E-state index in [1.807, 2.05) is 25.1 Å². The molecule has 1 aromatic heterocycles. The van der Waals surface area contributed by atoms with Crippen LogP contribution < -0.4 is 0 Å². The van der Waals surface area contributed by atoms with Gasteiger partial charge in [-0.2, -0.15) is 15.8 Å². The van der Waals surface area contributed by atoms with Gasteiger partial charge in [-0.1, -0.05) is 13.8 Å². The average Bonchev–Trinajstić information content (AvgIpc) is 3.14. The van der Waals surface area contributed by atoms with Crippen LogP contribution in [0, 0.1) is 56.2 Å². The lowest BCUT2D eigenvalue weighted by molar-refractivity contribution is -0.283. The molecule has 0 aromatic carbocycles. The minimum Gasteiger partial charge on any atom is -0.466 e. The zero-order chi connectivity index (χ0) is 16.9. The Hall–Kier alpha value is -2.82. The van der Waals surface area contributed by atoms with E-state index in [0.29, 0.717) is 6.42 Å². The van der Waals surface area contributed by atoms with Crippen molar-refractivity contribution in [1.29, 1.82) is 21.2 Å². The van der Waals surface area contributed by atoms with Crippen molar-refractivity contribution in [1.82, 2.24) is 0 Å². The van der Waals surface area contributed by atoms with Gasteiger partial charge in [0.1, 0.15) is 5.76 Å². The summed E-state index contributed by atoms with van der Waals surface area (Å²) in [6.45, 7) is 3.48. The van der Waals surface area contributed by atoms with Crippen molar-refractivity contribution in [2.45, 2.75) is 32.2 Å². The molecule has 116 valence electrons. The maximum absolute atomic E-state index is 9.87. The van der Waals surface area contributed by atoms with E-state index in [4.69, 9.17) is 19.3 Å². The summed E-state index contributed by atoms with van der Waals surface area (Å²) in [5.41, 5.74) is -3.66. The van der Waals surface area contributed by atoms with Gasteiger partial charge in [0.2, 0.25) is 17.1 Å². The quantitative estimate of drug-likeness (QED) is 0.894. The van der Waals surface area contributed by atoms with Gasteiger partial charge in [-0.3, -0.25) is 5.41 Å². The van der Waals surface area contributed by atoms with E-state index >= 15 is 0 Å². The van der Waals surface area contributed by atoms with Crippen LogP contribution in [0.2, 0.25) is 0 Å². The molecule has 2 aliphatic rings. The van der Waals surface area contributed by atoms with Gasteiger partial charge in [-0.05, 0) is 12.1 Å². The summed E-state index contributed by atoms with van der Waals surface area (Å²) >= 11 is 0. The molecule has 0 aliphatic carbocycles. The molecule has 7 heteroatoms. The van der Waals surface area contributed by atoms with Crippen LogP contribution in [0.5, 0.6) is 0 Å². The molecule has 3 rings (SSSR count). The molecule has 0 spiro atoms. The molecule has 3 heterocycles. The maximum Gasteiger partial charge on any atom is 0.217 e. The predicted octanol–water partition coefficient (Wildman–Crippen LogP) is 2.64. The van der Waals surface area contributed by atoms with Crippen molar-refractivity contribution in [3.05, 3.63) is 24.2 Å². The van der Waals surface area contributed by atoms with Gasteiger partial charge < -0.3 is 13.9 Å². The Kier molecular flexibility index (Phi) is 3.01. The first-order valence-corrected chi connectivity index (χ1v) is 7.21. The molecule has 2 fully saturated rings. The van der Waals surface area contributed by atoms with Crippen LogP contribution in [-0.2, 0) is 9.47 Å². The van der Waals surface area contributed by atoms with Crippen molar-refractivity contribution in [3.8, 4) is 18.2 Å². The smallest absolute Gasteiger partial charge is 0.217 e. The van der Waals surface area contributed by atoms with Crippen LogP contribution >= 0.6 is 0 Å². The summed E-state index contributed by atoms with van der Waals surface area (Å²) in [5.74, 6) is -2.02. The fourth-order valence-electron chi connectivity index (χ4n) is 3.74. The van der Waals surface area contributed by atoms with Crippen molar-refractivity contribution in [3.63, 3.8) is 0 Å². The molecule has 1 N–H and O–H groups in total. The van der Waals surface area contributed by atoms with Crippen LogP contribution in [-0.4, -0.2) is 11.7 Å². The Morgan fingerprint density at radius 1 is 1.26 bits per heavy atom. The zero-order valence-corrected chi connectivity index (χ0v) is 12.7. The highest BCUT2D eigenvalue weighted by Gasteiger charge is 2.79. The highest BCUT2D eigenvalue weighted by Crippen LogP contribution is 2.66. The molecule has 0 amide bonds. The lowest BCUT2D eigenvalue weighted by atomic mass is 9.54. The van der Waals surface area contributed by atoms with Crippen LogP contribution in [0.1, 0.15) is 32.1 Å². The van der Waals surface area contributed by atoms with Crippen molar-refractivity contribution in [2.75, 3.05) is 0 Å². The molecule has 0 saturated carbocycles. The molecule has 0 radical (unpaired) electrons. The number of rotatable bonds is 2. The molecule has 2 saturated heterocycles. The second kappa shape index (κ2) is 4.59. The zero-order valence-electron chi connectivity index (χ0n) is 12.7. The standard InChI is InChI=1S/C16H14N4O3/c1-3-16-10(2)15(9-19,13(20)23-16)14(7-17,8-18)12(22-16)11-5-4-6-21-11/h4-6,10,12,20H,3H2,1-2H3. The Labute approximate surface area is 133 Å². The Balaban J connectivity index is 2.35. The number of nitrogens with zero attached hydrogens (tertiary/aromatic N) is 3. The van der Waals surface area contributed by atoms with Crippen molar-refractivity contribution >= 4 is 5.90 Å². The molecular formula is C16H14N4O3. The Morgan fingerprint density at radius 3 is 2.43 bits per heavy atom. The van der Waals surface area contributed by atoms with Crippen LogP contribution in [0.3, 0.4) is 0 Å². The molecule has 7 nitrogen and oxygen atoms in total. The van der Waals surface area contributed by atoms with Gasteiger partial charge >= 0.3 is 0 Å². The van der Waals surface area contributed by atoms with Crippen LogP contribution in [0.4, 0.5) is 0 Å². The first-order chi connectivity index (χ1) is 11.0. The van der Waals surface area contributed by atoms with Crippen molar-refractivity contribution < 1.29 is 13.9 Å². The number of nitrogens with one attached hydrogen (secondary N) is 1. The summed E-state index contributed by atoms with van der Waals surface area (Å²) < 4.78 is 17.0. The summed E-state index contributed by atoms with van der Waals surface area (Å²) in [4.78, 5) is 0. The second-order valence-corrected chi connectivity index (χ2v) is 5.78. The van der Waals surface area contributed by atoms with Crippen LogP contribution in [0.15, 0.2) is 22.8 Å². The summed E-state index contributed by atoms with van der Waals surface area (Å²) in [5, 5.41) is 37.7. The van der Waals surface area contributed by atoms with E-state index in [0.717, 1.165) is 0 Å². The van der Waals surface area contributed by atoms with E-state index < -0.39 is 34.5 Å². The summed E-state index contributed by atoms with van der Waals surface area (Å²) in [7, 11) is 0. The molecule has 23 heavy (non-hydrogen) atoms. The van der Waals surface area contributed by atoms with E-state index in [2.05, 4.69) is 0 Å². The van der Waals surface area contributed by atoms with E-state index in [1.54, 1.807) is 19.1 Å². The summed E-state index contributed by atoms with van der Waals surface area (Å²) in [6.07, 6.45) is 0.651. The van der Waals surface area contributed by atoms with Gasteiger partial charge in [-0.25, -0.2) is 0 Å². The van der Waals surface area contributed by atoms with Gasteiger partial charge in [0.15, 0.2) is 11.5 Å². The monoisotopic (exact) mass is 310 g/mol. The van der Waals surface area contributed by atoms with Crippen LogP contribution in [0.25, 0.3) is 0 Å². The Morgan fingerprint density at radius 2 is 1.96 bits per heavy atom. The molecular weight excluding hydrogens is 296 g/mol. The van der Waals surface area contributed by atoms with Gasteiger partial charge in [-0.15, -0.1) is 0 Å². The second-order valence-electron chi connectivity index (χ2n) is 5.78. The predicted molar refractivity (Wildman–Crippen MR) is 75.2 cm³/mol. The molecule has 2 bridgehead atoms. The van der Waals surface area contributed by atoms with E-state index in [1.165, 1.54) is 6.26 Å². The van der Waals surface area contributed by atoms with Gasteiger partial charge in [0.25, 0.3) is 0 Å². The first kappa shape index (κ1) is 15.1. The number of hydrogen-bond acceptors (Lipinski definition) is 7. The lowest BCUT2D eigenvalue weighted by Gasteiger charge is -2.47. The number of nitriles is 3. The molecule has 4 atom stereocenters. The highest BCUT2D eigenvalue weighted by molar-refractivity contribution is 5.89. The highest BCUT2D eigenvalue weighted by atomic mass is 16.7. The summed E-state index contributed by atoms with van der Waals surface area (Å²) in [6, 6.07) is 9.11. The SMILES string of the molecule is CCC12OC(=N)C(C#N)(C1C)C(C#N)(C#N)C(c1ccco1)O2. The maximum atomic E-state index is 9.87. The minimum atomic E-state index is -1.94. The topological polar surface area (TPSA) is 127 Å². The third-order valence-corrected chi connectivity index (χ3v) is 5.10. The van der Waals surface area contributed by atoms with E-state index in [9.17, 15) is 15.8 Å². The number of ether oxygens (including phenoxy) is 2. The number of furan rings is 1. The lowest BCUT2D eigenvalue weighted by Crippen LogP contribution is -2.58.